The molecule has 118 valence electrons. The molecule has 0 bridgehead atoms. The molecule has 0 aliphatic heterocycles. The van der Waals surface area contributed by atoms with Crippen molar-refractivity contribution < 1.29 is 9.32 Å². The van der Waals surface area contributed by atoms with E-state index in [1.165, 1.54) is 4.88 Å². The second-order valence-electron chi connectivity index (χ2n) is 6.17. The molecule has 1 atom stereocenters. The summed E-state index contributed by atoms with van der Waals surface area (Å²) in [7, 11) is 0. The molecule has 0 aromatic carbocycles. The molecule has 8 heteroatoms. The summed E-state index contributed by atoms with van der Waals surface area (Å²) in [6, 6.07) is -0.682. The Kier molecular flexibility index (Phi) is 3.64. The highest BCUT2D eigenvalue weighted by Gasteiger charge is 2.34. The standard InChI is InChI=1S/C14H19N5O2S/c1-7(11-16-8(2)19-21-11)15-12(20)18-13-17-10-9(22-13)5-6-14(10,3)4/h7H,5-6H2,1-4H3,(H2,15,17,18,20). The number of carbonyl (C=O) groups is 1. The van der Waals surface area contributed by atoms with E-state index in [0.717, 1.165) is 18.5 Å². The SMILES string of the molecule is Cc1noc(C(C)NC(=O)Nc2nc3c(s2)CCC3(C)C)n1. The molecule has 2 N–H and O–H groups in total. The molecule has 2 aromatic rings. The Bertz CT molecular complexity index is 706. The first kappa shape index (κ1) is 15.0. The van der Waals surface area contributed by atoms with Gasteiger partial charge in [0.15, 0.2) is 11.0 Å². The van der Waals surface area contributed by atoms with Crippen molar-refractivity contribution in [1.82, 2.24) is 20.4 Å². The molecule has 0 radical (unpaired) electrons. The normalized spacial score (nSPS) is 17.1. The Morgan fingerprint density at radius 2 is 2.18 bits per heavy atom. The van der Waals surface area contributed by atoms with Gasteiger partial charge in [-0.15, -0.1) is 11.3 Å². The highest BCUT2D eigenvalue weighted by molar-refractivity contribution is 7.16. The Labute approximate surface area is 132 Å². The third-order valence-corrected chi connectivity index (χ3v) is 4.83. The van der Waals surface area contributed by atoms with Crippen LogP contribution >= 0.6 is 11.3 Å². The molecule has 2 heterocycles. The van der Waals surface area contributed by atoms with Gasteiger partial charge in [0.25, 0.3) is 0 Å². The minimum Gasteiger partial charge on any atom is -0.337 e. The number of fused-ring (bicyclic) bond motifs is 1. The average molecular weight is 321 g/mol. The molecule has 3 rings (SSSR count). The van der Waals surface area contributed by atoms with Crippen LogP contribution in [-0.2, 0) is 11.8 Å². The van der Waals surface area contributed by atoms with Crippen LogP contribution in [0.5, 0.6) is 0 Å². The fraction of sp³-hybridized carbons (Fsp3) is 0.571. The number of thiazole rings is 1. The van der Waals surface area contributed by atoms with E-state index in [-0.39, 0.29) is 17.5 Å². The number of urea groups is 1. The van der Waals surface area contributed by atoms with Gasteiger partial charge in [-0.05, 0) is 26.7 Å². The van der Waals surface area contributed by atoms with Crippen LogP contribution in [0, 0.1) is 6.92 Å². The smallest absolute Gasteiger partial charge is 0.321 e. The third-order valence-electron chi connectivity index (χ3n) is 3.80. The molecule has 2 amide bonds. The summed E-state index contributed by atoms with van der Waals surface area (Å²) < 4.78 is 5.04. The third kappa shape index (κ3) is 2.83. The summed E-state index contributed by atoms with van der Waals surface area (Å²) in [6.45, 7) is 7.89. The summed E-state index contributed by atoms with van der Waals surface area (Å²) in [5.74, 6) is 0.929. The first-order valence-electron chi connectivity index (χ1n) is 7.23. The minimum absolute atomic E-state index is 0.0941. The Morgan fingerprint density at radius 1 is 1.41 bits per heavy atom. The van der Waals surface area contributed by atoms with Crippen LogP contribution in [0.3, 0.4) is 0 Å². The molecule has 1 unspecified atom stereocenters. The van der Waals surface area contributed by atoms with E-state index in [0.29, 0.717) is 16.8 Å². The number of nitrogens with zero attached hydrogens (tertiary/aromatic N) is 3. The van der Waals surface area contributed by atoms with Gasteiger partial charge in [0.1, 0.15) is 6.04 Å². The van der Waals surface area contributed by atoms with E-state index >= 15 is 0 Å². The zero-order chi connectivity index (χ0) is 15.9. The lowest BCUT2D eigenvalue weighted by atomic mass is 9.91. The number of nitrogens with one attached hydrogen (secondary N) is 2. The quantitative estimate of drug-likeness (QED) is 0.906. The lowest BCUT2D eigenvalue weighted by molar-refractivity contribution is 0.245. The van der Waals surface area contributed by atoms with Crippen LogP contribution in [0.4, 0.5) is 9.93 Å². The van der Waals surface area contributed by atoms with E-state index in [1.54, 1.807) is 25.2 Å². The lowest BCUT2D eigenvalue weighted by Gasteiger charge is -2.15. The molecule has 0 spiro atoms. The van der Waals surface area contributed by atoms with E-state index < -0.39 is 0 Å². The van der Waals surface area contributed by atoms with Crippen molar-refractivity contribution in [1.29, 1.82) is 0 Å². The molecule has 1 aliphatic rings. The summed E-state index contributed by atoms with van der Waals surface area (Å²) >= 11 is 1.55. The number of anilines is 1. The zero-order valence-corrected chi connectivity index (χ0v) is 13.9. The fourth-order valence-electron chi connectivity index (χ4n) is 2.53. The molecular formula is C14H19N5O2S. The largest absolute Gasteiger partial charge is 0.337 e. The number of aromatic nitrogens is 3. The topological polar surface area (TPSA) is 92.9 Å². The van der Waals surface area contributed by atoms with Gasteiger partial charge in [0, 0.05) is 10.3 Å². The molecule has 1 aliphatic carbocycles. The summed E-state index contributed by atoms with van der Waals surface area (Å²) in [4.78, 5) is 22.0. The van der Waals surface area contributed by atoms with Crippen LogP contribution in [0.15, 0.2) is 4.52 Å². The molecule has 7 nitrogen and oxygen atoms in total. The second kappa shape index (κ2) is 5.35. The van der Waals surface area contributed by atoms with E-state index in [1.807, 2.05) is 0 Å². The Morgan fingerprint density at radius 3 is 2.82 bits per heavy atom. The van der Waals surface area contributed by atoms with Gasteiger partial charge in [-0.3, -0.25) is 5.32 Å². The maximum atomic E-state index is 12.0. The number of carbonyl (C=O) groups excluding carboxylic acids is 1. The van der Waals surface area contributed by atoms with Gasteiger partial charge in [-0.25, -0.2) is 9.78 Å². The number of rotatable bonds is 3. The van der Waals surface area contributed by atoms with Crippen molar-refractivity contribution >= 4 is 22.5 Å². The first-order valence-corrected chi connectivity index (χ1v) is 8.05. The molecule has 0 fully saturated rings. The van der Waals surface area contributed by atoms with Crippen molar-refractivity contribution in [2.24, 2.45) is 0 Å². The minimum atomic E-state index is -0.357. The first-order chi connectivity index (χ1) is 10.3. The number of hydrogen-bond donors (Lipinski definition) is 2. The van der Waals surface area contributed by atoms with Crippen LogP contribution in [-0.4, -0.2) is 21.2 Å². The maximum Gasteiger partial charge on any atom is 0.321 e. The van der Waals surface area contributed by atoms with Crippen molar-refractivity contribution in [3.05, 3.63) is 22.3 Å². The maximum absolute atomic E-state index is 12.0. The molecular weight excluding hydrogens is 302 g/mol. The molecule has 2 aromatic heterocycles. The highest BCUT2D eigenvalue weighted by Crippen LogP contribution is 2.42. The summed E-state index contributed by atoms with van der Waals surface area (Å²) in [5.41, 5.74) is 1.20. The highest BCUT2D eigenvalue weighted by atomic mass is 32.1. The number of aryl methyl sites for hydroxylation is 2. The molecule has 22 heavy (non-hydrogen) atoms. The van der Waals surface area contributed by atoms with Crippen molar-refractivity contribution in [2.45, 2.75) is 52.0 Å². The van der Waals surface area contributed by atoms with Crippen LogP contribution in [0.25, 0.3) is 0 Å². The van der Waals surface area contributed by atoms with Gasteiger partial charge >= 0.3 is 6.03 Å². The van der Waals surface area contributed by atoms with Gasteiger partial charge in [0.2, 0.25) is 5.89 Å². The zero-order valence-electron chi connectivity index (χ0n) is 13.1. The molecule has 0 saturated carbocycles. The monoisotopic (exact) mass is 321 g/mol. The van der Waals surface area contributed by atoms with Crippen molar-refractivity contribution in [2.75, 3.05) is 5.32 Å². The lowest BCUT2D eigenvalue weighted by Crippen LogP contribution is -2.31. The van der Waals surface area contributed by atoms with E-state index in [2.05, 4.69) is 39.6 Å². The second-order valence-corrected chi connectivity index (χ2v) is 7.26. The van der Waals surface area contributed by atoms with E-state index in [9.17, 15) is 4.79 Å². The van der Waals surface area contributed by atoms with Gasteiger partial charge in [0.05, 0.1) is 5.69 Å². The van der Waals surface area contributed by atoms with Crippen molar-refractivity contribution in [3.8, 4) is 0 Å². The van der Waals surface area contributed by atoms with Gasteiger partial charge in [-0.1, -0.05) is 19.0 Å². The molecule has 0 saturated heterocycles. The average Bonchev–Trinajstić information content (AvgIpc) is 3.08. The van der Waals surface area contributed by atoms with Crippen molar-refractivity contribution in [3.63, 3.8) is 0 Å². The van der Waals surface area contributed by atoms with Crippen LogP contribution in [0.2, 0.25) is 0 Å². The van der Waals surface area contributed by atoms with Gasteiger partial charge < -0.3 is 9.84 Å². The van der Waals surface area contributed by atoms with E-state index in [4.69, 9.17) is 4.52 Å². The predicted molar refractivity (Wildman–Crippen MR) is 83.1 cm³/mol. The van der Waals surface area contributed by atoms with Gasteiger partial charge in [-0.2, -0.15) is 4.98 Å². The Hall–Kier alpha value is -1.96. The summed E-state index contributed by atoms with van der Waals surface area (Å²) in [6.07, 6.45) is 2.14. The fourth-order valence-corrected chi connectivity index (χ4v) is 3.67. The predicted octanol–water partition coefficient (Wildman–Crippen LogP) is 2.94. The number of amides is 2. The van der Waals surface area contributed by atoms with Crippen LogP contribution < -0.4 is 10.6 Å². The Balaban J connectivity index is 1.63. The summed E-state index contributed by atoms with van der Waals surface area (Å²) in [5, 5.41) is 9.89. The number of hydrogen-bond acceptors (Lipinski definition) is 6. The van der Waals surface area contributed by atoms with Crippen LogP contribution in [0.1, 0.15) is 55.5 Å².